The lowest BCUT2D eigenvalue weighted by molar-refractivity contribution is -0.154. The Morgan fingerprint density at radius 3 is 2.81 bits per heavy atom. The van der Waals surface area contributed by atoms with E-state index in [9.17, 15) is 4.79 Å². The van der Waals surface area contributed by atoms with Gasteiger partial charge >= 0.3 is 0 Å². The first-order valence-corrected chi connectivity index (χ1v) is 7.85. The second kappa shape index (κ2) is 6.02. The van der Waals surface area contributed by atoms with Gasteiger partial charge in [-0.2, -0.15) is 0 Å². The third-order valence-corrected chi connectivity index (χ3v) is 4.79. The molecule has 21 heavy (non-hydrogen) atoms. The molecule has 3 heteroatoms. The molecule has 0 radical (unpaired) electrons. The van der Waals surface area contributed by atoms with Gasteiger partial charge in [-0.05, 0) is 24.8 Å². The maximum atomic E-state index is 12.8. The zero-order chi connectivity index (χ0) is 14.8. The lowest BCUT2D eigenvalue weighted by Gasteiger charge is -2.41. The van der Waals surface area contributed by atoms with Crippen LogP contribution in [0.2, 0.25) is 0 Å². The van der Waals surface area contributed by atoms with E-state index in [-0.39, 0.29) is 24.1 Å². The number of carbonyl (C=O) groups excluding carboxylic acids is 1. The van der Waals surface area contributed by atoms with Crippen molar-refractivity contribution in [3.8, 4) is 0 Å². The Bertz CT molecular complexity index is 513. The minimum absolute atomic E-state index is 0.0474. The molecule has 0 saturated carbocycles. The highest BCUT2D eigenvalue weighted by Crippen LogP contribution is 2.42. The Hall–Kier alpha value is -1.61. The molecule has 0 spiro atoms. The third-order valence-electron chi connectivity index (χ3n) is 4.79. The van der Waals surface area contributed by atoms with E-state index in [1.165, 1.54) is 5.56 Å². The molecule has 2 aliphatic heterocycles. The van der Waals surface area contributed by atoms with Gasteiger partial charge in [0.15, 0.2) is 0 Å². The fourth-order valence-electron chi connectivity index (χ4n) is 3.66. The van der Waals surface area contributed by atoms with Gasteiger partial charge in [-0.1, -0.05) is 43.3 Å². The third kappa shape index (κ3) is 2.51. The van der Waals surface area contributed by atoms with E-state index < -0.39 is 0 Å². The number of nitrogens with zero attached hydrogens (tertiary/aromatic N) is 1. The van der Waals surface area contributed by atoms with E-state index in [1.54, 1.807) is 0 Å². The van der Waals surface area contributed by atoms with Gasteiger partial charge in [-0.25, -0.2) is 0 Å². The van der Waals surface area contributed by atoms with Crippen LogP contribution in [0.4, 0.5) is 0 Å². The molecule has 112 valence electrons. The highest BCUT2D eigenvalue weighted by molar-refractivity contribution is 5.81. The summed E-state index contributed by atoms with van der Waals surface area (Å²) in [6.07, 6.45) is 4.55. The summed E-state index contributed by atoms with van der Waals surface area (Å²) < 4.78 is 6.00. The zero-order valence-electron chi connectivity index (χ0n) is 12.6. The van der Waals surface area contributed by atoms with Crippen LogP contribution in [0.15, 0.2) is 43.0 Å². The average molecular weight is 285 g/mol. The molecule has 2 saturated heterocycles. The monoisotopic (exact) mass is 285 g/mol. The number of hydrogen-bond donors (Lipinski definition) is 0. The van der Waals surface area contributed by atoms with E-state index in [1.807, 2.05) is 29.2 Å². The van der Waals surface area contributed by atoms with Gasteiger partial charge in [0.25, 0.3) is 0 Å². The number of allylic oxidation sites excluding steroid dienone is 1. The number of fused-ring (bicyclic) bond motifs is 1. The van der Waals surface area contributed by atoms with Crippen LogP contribution in [0, 0.1) is 11.8 Å². The van der Waals surface area contributed by atoms with E-state index in [0.717, 1.165) is 19.3 Å². The van der Waals surface area contributed by atoms with Crippen molar-refractivity contribution in [2.45, 2.75) is 38.5 Å². The maximum absolute atomic E-state index is 12.8. The summed E-state index contributed by atoms with van der Waals surface area (Å²) >= 11 is 0. The van der Waals surface area contributed by atoms with E-state index in [2.05, 4.69) is 25.6 Å². The van der Waals surface area contributed by atoms with Crippen LogP contribution in [0.1, 0.15) is 37.8 Å². The number of piperidine rings is 1. The summed E-state index contributed by atoms with van der Waals surface area (Å²) in [4.78, 5) is 14.8. The van der Waals surface area contributed by atoms with Gasteiger partial charge < -0.3 is 9.64 Å². The number of amides is 1. The molecule has 0 aromatic heterocycles. The first kappa shape index (κ1) is 14.3. The van der Waals surface area contributed by atoms with Crippen molar-refractivity contribution >= 4 is 5.91 Å². The standard InChI is InChI=1S/C18H23NO2/c1-3-8-15-11-13(4-2)18-19(17(15)20)16(12-21-18)14-9-6-5-7-10-14/h3,5-7,9-10,13,15-16,18H,1,4,8,11-12H2,2H3/t13-,15+,16+,18+/m1/s1. The number of rotatable bonds is 4. The van der Waals surface area contributed by atoms with Crippen molar-refractivity contribution < 1.29 is 9.53 Å². The summed E-state index contributed by atoms with van der Waals surface area (Å²) in [6, 6.07) is 10.3. The van der Waals surface area contributed by atoms with Gasteiger partial charge in [0.05, 0.1) is 12.6 Å². The lowest BCUT2D eigenvalue weighted by Crippen LogP contribution is -2.50. The lowest BCUT2D eigenvalue weighted by atomic mass is 9.83. The number of benzene rings is 1. The number of hydrogen-bond acceptors (Lipinski definition) is 2. The Morgan fingerprint density at radius 1 is 1.38 bits per heavy atom. The van der Waals surface area contributed by atoms with Gasteiger partial charge in [0.1, 0.15) is 6.23 Å². The summed E-state index contributed by atoms with van der Waals surface area (Å²) in [5.74, 6) is 0.730. The minimum Gasteiger partial charge on any atom is -0.355 e. The molecule has 1 amide bonds. The Morgan fingerprint density at radius 2 is 2.14 bits per heavy atom. The van der Waals surface area contributed by atoms with Crippen LogP contribution in [0.3, 0.4) is 0 Å². The van der Waals surface area contributed by atoms with Crippen molar-refractivity contribution in [3.63, 3.8) is 0 Å². The van der Waals surface area contributed by atoms with E-state index in [0.29, 0.717) is 12.5 Å². The fraction of sp³-hybridized carbons (Fsp3) is 0.500. The van der Waals surface area contributed by atoms with Crippen molar-refractivity contribution in [2.75, 3.05) is 6.61 Å². The van der Waals surface area contributed by atoms with Gasteiger partial charge in [-0.15, -0.1) is 6.58 Å². The quantitative estimate of drug-likeness (QED) is 0.792. The Balaban J connectivity index is 1.90. The van der Waals surface area contributed by atoms with Crippen molar-refractivity contribution in [1.29, 1.82) is 0 Å². The predicted octanol–water partition coefficient (Wildman–Crippen LogP) is 3.53. The smallest absolute Gasteiger partial charge is 0.228 e. The molecule has 1 aromatic carbocycles. The predicted molar refractivity (Wildman–Crippen MR) is 82.5 cm³/mol. The molecule has 2 fully saturated rings. The molecule has 4 atom stereocenters. The summed E-state index contributed by atoms with van der Waals surface area (Å²) in [5, 5.41) is 0. The minimum atomic E-state index is -0.0474. The maximum Gasteiger partial charge on any atom is 0.228 e. The van der Waals surface area contributed by atoms with Crippen LogP contribution in [-0.4, -0.2) is 23.6 Å². The number of carbonyl (C=O) groups is 1. The molecule has 3 rings (SSSR count). The first-order valence-electron chi connectivity index (χ1n) is 7.85. The Kier molecular flexibility index (Phi) is 4.11. The summed E-state index contributed by atoms with van der Waals surface area (Å²) in [6.45, 7) is 6.59. The molecule has 0 N–H and O–H groups in total. The molecule has 0 bridgehead atoms. The molecule has 2 aliphatic rings. The normalized spacial score (nSPS) is 32.0. The summed E-state index contributed by atoms with van der Waals surface area (Å²) in [7, 11) is 0. The largest absolute Gasteiger partial charge is 0.355 e. The van der Waals surface area contributed by atoms with Crippen molar-refractivity contribution in [2.24, 2.45) is 11.8 Å². The van der Waals surface area contributed by atoms with Crippen LogP contribution in [0.25, 0.3) is 0 Å². The zero-order valence-corrected chi connectivity index (χ0v) is 12.6. The number of ether oxygens (including phenoxy) is 1. The van der Waals surface area contributed by atoms with Gasteiger partial charge in [0, 0.05) is 11.8 Å². The highest BCUT2D eigenvalue weighted by atomic mass is 16.5. The molecular formula is C18H23NO2. The van der Waals surface area contributed by atoms with Crippen molar-refractivity contribution in [1.82, 2.24) is 4.90 Å². The Labute approximate surface area is 126 Å². The molecule has 1 aromatic rings. The van der Waals surface area contributed by atoms with Crippen LogP contribution in [-0.2, 0) is 9.53 Å². The second-order valence-electron chi connectivity index (χ2n) is 6.02. The average Bonchev–Trinajstić information content (AvgIpc) is 2.96. The summed E-state index contributed by atoms with van der Waals surface area (Å²) in [5.41, 5.74) is 1.17. The fourth-order valence-corrected chi connectivity index (χ4v) is 3.66. The van der Waals surface area contributed by atoms with E-state index >= 15 is 0 Å². The van der Waals surface area contributed by atoms with Gasteiger partial charge in [-0.3, -0.25) is 4.79 Å². The molecule has 2 heterocycles. The van der Waals surface area contributed by atoms with Crippen LogP contribution in [0.5, 0.6) is 0 Å². The highest BCUT2D eigenvalue weighted by Gasteiger charge is 2.48. The molecule has 0 aliphatic carbocycles. The van der Waals surface area contributed by atoms with E-state index in [4.69, 9.17) is 4.74 Å². The van der Waals surface area contributed by atoms with Crippen molar-refractivity contribution in [3.05, 3.63) is 48.6 Å². The van der Waals surface area contributed by atoms with Gasteiger partial charge in [0.2, 0.25) is 5.91 Å². The molecule has 3 nitrogen and oxygen atoms in total. The molecular weight excluding hydrogens is 262 g/mol. The van der Waals surface area contributed by atoms with Crippen LogP contribution < -0.4 is 0 Å². The topological polar surface area (TPSA) is 29.5 Å². The first-order chi connectivity index (χ1) is 10.3. The SMILES string of the molecule is C=CC[C@H]1C[C@@H](CC)[C@@H]2OC[C@@H](c3ccccc3)N2C1=O. The van der Waals surface area contributed by atoms with Crippen LogP contribution >= 0.6 is 0 Å². The second-order valence-corrected chi connectivity index (χ2v) is 6.02. The molecule has 0 unspecified atom stereocenters.